The monoisotopic (exact) mass is 320 g/mol. The molecule has 0 aliphatic carbocycles. The summed E-state index contributed by atoms with van der Waals surface area (Å²) >= 11 is 0. The van der Waals surface area contributed by atoms with Gasteiger partial charge in [0.25, 0.3) is 5.91 Å². The van der Waals surface area contributed by atoms with Crippen molar-refractivity contribution in [3.05, 3.63) is 59.2 Å². The fraction of sp³-hybridized carbons (Fsp3) is 0.200. The lowest BCUT2D eigenvalue weighted by Gasteiger charge is -2.08. The number of amides is 1. The molecule has 0 spiro atoms. The Morgan fingerprint density at radius 3 is 2.39 bits per heavy atom. The fourth-order valence-electron chi connectivity index (χ4n) is 1.77. The summed E-state index contributed by atoms with van der Waals surface area (Å²) in [6.07, 6.45) is -1.61. The van der Waals surface area contributed by atoms with Gasteiger partial charge in [0.1, 0.15) is 11.8 Å². The maximum absolute atomic E-state index is 12.4. The highest BCUT2D eigenvalue weighted by molar-refractivity contribution is 5.91. The molecule has 0 atom stereocenters. The number of aromatic nitrogens is 2. The highest BCUT2D eigenvalue weighted by Gasteiger charge is 2.29. The second-order valence-electron chi connectivity index (χ2n) is 4.60. The number of nitrogens with one attached hydrogen (secondary N) is 1. The van der Waals surface area contributed by atoms with Crippen LogP contribution in [-0.4, -0.2) is 22.4 Å². The van der Waals surface area contributed by atoms with E-state index in [-0.39, 0.29) is 17.9 Å². The molecule has 2 aromatic rings. The Balaban J connectivity index is 1.86. The van der Waals surface area contributed by atoms with Crippen molar-refractivity contribution in [1.29, 1.82) is 5.26 Å². The molecule has 118 valence electrons. The molecule has 1 N–H and O–H groups in total. The molecule has 1 aromatic carbocycles. The van der Waals surface area contributed by atoms with Crippen LogP contribution in [-0.2, 0) is 12.6 Å². The highest BCUT2D eigenvalue weighted by atomic mass is 19.4. The summed E-state index contributed by atoms with van der Waals surface area (Å²) in [5, 5.41) is 11.2. The molecule has 2 rings (SSSR count). The van der Waals surface area contributed by atoms with E-state index in [2.05, 4.69) is 15.3 Å². The Labute approximate surface area is 129 Å². The van der Waals surface area contributed by atoms with Crippen molar-refractivity contribution in [2.75, 3.05) is 6.54 Å². The lowest BCUT2D eigenvalue weighted by atomic mass is 10.1. The van der Waals surface area contributed by atoms with Crippen molar-refractivity contribution in [2.24, 2.45) is 0 Å². The summed E-state index contributed by atoms with van der Waals surface area (Å²) in [5.41, 5.74) is 0.130. The van der Waals surface area contributed by atoms with E-state index in [0.717, 1.165) is 12.1 Å². The standard InChI is InChI=1S/C15H11F3N4O/c16-15(17,18)11-3-1-10(2-4-11)5-6-20-14(23)13-9-21-12(7-19)8-22-13/h1-4,8-9H,5-6H2,(H,20,23). The first-order valence-electron chi connectivity index (χ1n) is 6.56. The van der Waals surface area contributed by atoms with Crippen LogP contribution in [0.25, 0.3) is 0 Å². The molecule has 0 saturated heterocycles. The average Bonchev–Trinajstić information content (AvgIpc) is 2.54. The van der Waals surface area contributed by atoms with Gasteiger partial charge in [0, 0.05) is 6.54 Å². The Morgan fingerprint density at radius 1 is 1.17 bits per heavy atom. The van der Waals surface area contributed by atoms with Gasteiger partial charge in [-0.2, -0.15) is 18.4 Å². The molecule has 1 aromatic heterocycles. The molecular weight excluding hydrogens is 309 g/mol. The molecule has 1 heterocycles. The third-order valence-electron chi connectivity index (χ3n) is 2.98. The van der Waals surface area contributed by atoms with E-state index in [1.165, 1.54) is 24.5 Å². The zero-order chi connectivity index (χ0) is 16.9. The summed E-state index contributed by atoms with van der Waals surface area (Å²) < 4.78 is 37.3. The van der Waals surface area contributed by atoms with E-state index in [4.69, 9.17) is 5.26 Å². The molecule has 0 unspecified atom stereocenters. The molecule has 0 aliphatic heterocycles. The lowest BCUT2D eigenvalue weighted by molar-refractivity contribution is -0.137. The topological polar surface area (TPSA) is 78.7 Å². The molecule has 1 amide bonds. The van der Waals surface area contributed by atoms with Crippen LogP contribution in [0.15, 0.2) is 36.7 Å². The summed E-state index contributed by atoms with van der Waals surface area (Å²) in [5.74, 6) is -0.464. The smallest absolute Gasteiger partial charge is 0.350 e. The number of carbonyl (C=O) groups excluding carboxylic acids is 1. The van der Waals surface area contributed by atoms with Gasteiger partial charge in [-0.05, 0) is 24.1 Å². The number of alkyl halides is 3. The van der Waals surface area contributed by atoms with Crippen LogP contribution >= 0.6 is 0 Å². The number of halogens is 3. The number of rotatable bonds is 4. The molecule has 0 radical (unpaired) electrons. The maximum Gasteiger partial charge on any atom is 0.416 e. The van der Waals surface area contributed by atoms with Crippen molar-refractivity contribution in [2.45, 2.75) is 12.6 Å². The number of carbonyl (C=O) groups is 1. The average molecular weight is 320 g/mol. The Bertz CT molecular complexity index is 718. The highest BCUT2D eigenvalue weighted by Crippen LogP contribution is 2.29. The number of nitrogens with zero attached hydrogens (tertiary/aromatic N) is 3. The largest absolute Gasteiger partial charge is 0.416 e. The van der Waals surface area contributed by atoms with Gasteiger partial charge >= 0.3 is 6.18 Å². The zero-order valence-electron chi connectivity index (χ0n) is 11.8. The van der Waals surface area contributed by atoms with Crippen LogP contribution in [0, 0.1) is 11.3 Å². The number of hydrogen-bond acceptors (Lipinski definition) is 4. The van der Waals surface area contributed by atoms with Crippen LogP contribution in [0.1, 0.15) is 27.3 Å². The molecule has 0 fully saturated rings. The van der Waals surface area contributed by atoms with Crippen LogP contribution in [0.2, 0.25) is 0 Å². The van der Waals surface area contributed by atoms with Crippen LogP contribution < -0.4 is 5.32 Å². The normalized spacial score (nSPS) is 10.9. The third-order valence-corrected chi connectivity index (χ3v) is 2.98. The number of benzene rings is 1. The van der Waals surface area contributed by atoms with Gasteiger partial charge in [0.15, 0.2) is 5.69 Å². The van der Waals surface area contributed by atoms with E-state index in [9.17, 15) is 18.0 Å². The molecule has 0 bridgehead atoms. The van der Waals surface area contributed by atoms with Gasteiger partial charge in [-0.25, -0.2) is 9.97 Å². The number of nitriles is 1. The molecule has 23 heavy (non-hydrogen) atoms. The Hall–Kier alpha value is -2.95. The van der Waals surface area contributed by atoms with Gasteiger partial charge < -0.3 is 5.32 Å². The summed E-state index contributed by atoms with van der Waals surface area (Å²) in [6, 6.07) is 6.54. The maximum atomic E-state index is 12.4. The minimum atomic E-state index is -4.36. The second kappa shape index (κ2) is 6.87. The predicted molar refractivity (Wildman–Crippen MR) is 74.2 cm³/mol. The SMILES string of the molecule is N#Cc1cnc(C(=O)NCCc2ccc(C(F)(F)F)cc2)cn1. The first kappa shape index (κ1) is 16.4. The van der Waals surface area contributed by atoms with E-state index < -0.39 is 17.6 Å². The van der Waals surface area contributed by atoms with Crippen LogP contribution in [0.3, 0.4) is 0 Å². The van der Waals surface area contributed by atoms with Gasteiger partial charge in [-0.1, -0.05) is 12.1 Å². The first-order valence-corrected chi connectivity index (χ1v) is 6.56. The second-order valence-corrected chi connectivity index (χ2v) is 4.60. The third kappa shape index (κ3) is 4.51. The van der Waals surface area contributed by atoms with Gasteiger partial charge in [-0.3, -0.25) is 4.79 Å². The Morgan fingerprint density at radius 2 is 1.87 bits per heavy atom. The van der Waals surface area contributed by atoms with E-state index in [0.29, 0.717) is 12.0 Å². The molecule has 8 heteroatoms. The fourth-order valence-corrected chi connectivity index (χ4v) is 1.77. The lowest BCUT2D eigenvalue weighted by Crippen LogP contribution is -2.26. The number of hydrogen-bond donors (Lipinski definition) is 1. The van der Waals surface area contributed by atoms with Crippen LogP contribution in [0.4, 0.5) is 13.2 Å². The molecular formula is C15H11F3N4O. The van der Waals surface area contributed by atoms with Crippen molar-refractivity contribution in [1.82, 2.24) is 15.3 Å². The zero-order valence-corrected chi connectivity index (χ0v) is 11.8. The van der Waals surface area contributed by atoms with Gasteiger partial charge in [-0.15, -0.1) is 0 Å². The van der Waals surface area contributed by atoms with E-state index in [1.807, 2.05) is 0 Å². The van der Waals surface area contributed by atoms with Gasteiger partial charge in [0.05, 0.1) is 18.0 Å². The van der Waals surface area contributed by atoms with E-state index in [1.54, 1.807) is 6.07 Å². The summed E-state index contributed by atoms with van der Waals surface area (Å²) in [6.45, 7) is 0.242. The molecule has 5 nitrogen and oxygen atoms in total. The van der Waals surface area contributed by atoms with Crippen molar-refractivity contribution < 1.29 is 18.0 Å². The van der Waals surface area contributed by atoms with Gasteiger partial charge in [0.2, 0.25) is 0 Å². The van der Waals surface area contributed by atoms with Crippen LogP contribution in [0.5, 0.6) is 0 Å². The van der Waals surface area contributed by atoms with Crippen molar-refractivity contribution in [3.8, 4) is 6.07 Å². The predicted octanol–water partition coefficient (Wildman–Crippen LogP) is 2.34. The Kier molecular flexibility index (Phi) is 4.91. The van der Waals surface area contributed by atoms with E-state index >= 15 is 0 Å². The van der Waals surface area contributed by atoms with Crippen molar-refractivity contribution >= 4 is 5.91 Å². The molecule has 0 aliphatic rings. The minimum Gasteiger partial charge on any atom is -0.350 e. The summed E-state index contributed by atoms with van der Waals surface area (Å²) in [4.78, 5) is 19.3. The first-order chi connectivity index (χ1) is 10.9. The van der Waals surface area contributed by atoms with Crippen molar-refractivity contribution in [3.63, 3.8) is 0 Å². The minimum absolute atomic E-state index is 0.0661. The molecule has 0 saturated carbocycles. The quantitative estimate of drug-likeness (QED) is 0.938. The summed E-state index contributed by atoms with van der Waals surface area (Å²) in [7, 11) is 0.